The molecule has 0 radical (unpaired) electrons. The highest BCUT2D eigenvalue weighted by molar-refractivity contribution is 5.69. The van der Waals surface area contributed by atoms with E-state index < -0.39 is 5.60 Å². The molecule has 1 heterocycles. The Hall–Kier alpha value is -0.610. The summed E-state index contributed by atoms with van der Waals surface area (Å²) in [6.07, 6.45) is 2.46. The zero-order valence-electron chi connectivity index (χ0n) is 11.2. The monoisotopic (exact) mass is 244 g/mol. The molecule has 0 spiro atoms. The molecule has 0 atom stereocenters. The second kappa shape index (κ2) is 6.97. The number of carbonyl (C=O) groups excluding carboxylic acids is 1. The summed E-state index contributed by atoms with van der Waals surface area (Å²) in [5, 5.41) is 0. The lowest BCUT2D eigenvalue weighted by molar-refractivity contribution is -0.156. The van der Waals surface area contributed by atoms with Gasteiger partial charge in [0.1, 0.15) is 5.60 Å². The molecule has 1 saturated heterocycles. The van der Waals surface area contributed by atoms with Crippen molar-refractivity contribution in [3.05, 3.63) is 0 Å². The number of hydrogen-bond donors (Lipinski definition) is 0. The van der Waals surface area contributed by atoms with Gasteiger partial charge >= 0.3 is 5.97 Å². The molecule has 1 aliphatic heterocycles. The first-order chi connectivity index (χ1) is 7.97. The summed E-state index contributed by atoms with van der Waals surface area (Å²) >= 11 is 0. The number of esters is 1. The molecular weight excluding hydrogens is 220 g/mol. The SMILES string of the molecule is CC(C)(C)OC(=O)CCOCC1CCOCC1. The fraction of sp³-hybridized carbons (Fsp3) is 0.923. The third-order valence-electron chi connectivity index (χ3n) is 2.56. The minimum atomic E-state index is -0.405. The summed E-state index contributed by atoms with van der Waals surface area (Å²) in [5.41, 5.74) is -0.405. The molecule has 0 aromatic rings. The molecule has 0 aromatic carbocycles. The minimum absolute atomic E-state index is 0.190. The number of carbonyl (C=O) groups is 1. The Labute approximate surface area is 104 Å². The fourth-order valence-corrected chi connectivity index (χ4v) is 1.71. The van der Waals surface area contributed by atoms with Crippen LogP contribution in [0.1, 0.15) is 40.0 Å². The molecule has 0 bridgehead atoms. The van der Waals surface area contributed by atoms with Crippen molar-refractivity contribution in [2.24, 2.45) is 5.92 Å². The normalized spacial score (nSPS) is 18.1. The average Bonchev–Trinajstić information content (AvgIpc) is 2.23. The van der Waals surface area contributed by atoms with Crippen LogP contribution in [0.2, 0.25) is 0 Å². The Balaban J connectivity index is 2.01. The maximum Gasteiger partial charge on any atom is 0.308 e. The van der Waals surface area contributed by atoms with Gasteiger partial charge in [0, 0.05) is 19.8 Å². The lowest BCUT2D eigenvalue weighted by Crippen LogP contribution is -2.25. The van der Waals surface area contributed by atoms with Crippen LogP contribution in [0.25, 0.3) is 0 Å². The summed E-state index contributed by atoms with van der Waals surface area (Å²) in [7, 11) is 0. The fourth-order valence-electron chi connectivity index (χ4n) is 1.71. The second-order valence-corrected chi connectivity index (χ2v) is 5.47. The Morgan fingerprint density at radius 3 is 2.53 bits per heavy atom. The van der Waals surface area contributed by atoms with Gasteiger partial charge in [-0.15, -0.1) is 0 Å². The Morgan fingerprint density at radius 2 is 1.94 bits per heavy atom. The first-order valence-electron chi connectivity index (χ1n) is 6.35. The Bertz CT molecular complexity index is 226. The van der Waals surface area contributed by atoms with Crippen molar-refractivity contribution in [2.75, 3.05) is 26.4 Å². The largest absolute Gasteiger partial charge is 0.460 e. The third kappa shape index (κ3) is 7.34. The van der Waals surface area contributed by atoms with Crippen LogP contribution >= 0.6 is 0 Å². The van der Waals surface area contributed by atoms with E-state index in [-0.39, 0.29) is 5.97 Å². The topological polar surface area (TPSA) is 44.8 Å². The van der Waals surface area contributed by atoms with Gasteiger partial charge in [0.25, 0.3) is 0 Å². The van der Waals surface area contributed by atoms with Crippen molar-refractivity contribution in [1.82, 2.24) is 0 Å². The van der Waals surface area contributed by atoms with E-state index >= 15 is 0 Å². The Kier molecular flexibility index (Phi) is 5.92. The molecule has 1 fully saturated rings. The highest BCUT2D eigenvalue weighted by Gasteiger charge is 2.17. The lowest BCUT2D eigenvalue weighted by atomic mass is 10.0. The summed E-state index contributed by atoms with van der Waals surface area (Å²) in [5.74, 6) is 0.395. The summed E-state index contributed by atoms with van der Waals surface area (Å²) in [4.78, 5) is 11.4. The van der Waals surface area contributed by atoms with E-state index in [0.717, 1.165) is 32.7 Å². The highest BCUT2D eigenvalue weighted by Crippen LogP contribution is 2.15. The van der Waals surface area contributed by atoms with Gasteiger partial charge in [-0.1, -0.05) is 0 Å². The van der Waals surface area contributed by atoms with E-state index in [9.17, 15) is 4.79 Å². The van der Waals surface area contributed by atoms with Crippen LogP contribution < -0.4 is 0 Å². The van der Waals surface area contributed by atoms with Crippen molar-refractivity contribution in [3.8, 4) is 0 Å². The van der Waals surface area contributed by atoms with Crippen LogP contribution in [0.3, 0.4) is 0 Å². The van der Waals surface area contributed by atoms with Gasteiger partial charge in [-0.25, -0.2) is 0 Å². The molecule has 4 heteroatoms. The first kappa shape index (κ1) is 14.5. The molecule has 100 valence electrons. The van der Waals surface area contributed by atoms with Crippen LogP contribution in [-0.2, 0) is 19.0 Å². The molecule has 0 saturated carbocycles. The van der Waals surface area contributed by atoms with Gasteiger partial charge in [-0.05, 0) is 39.5 Å². The molecule has 17 heavy (non-hydrogen) atoms. The minimum Gasteiger partial charge on any atom is -0.460 e. The van der Waals surface area contributed by atoms with Crippen molar-refractivity contribution in [1.29, 1.82) is 0 Å². The maximum atomic E-state index is 11.4. The third-order valence-corrected chi connectivity index (χ3v) is 2.56. The van der Waals surface area contributed by atoms with Crippen LogP contribution in [0.4, 0.5) is 0 Å². The molecule has 1 rings (SSSR count). The molecule has 0 aliphatic carbocycles. The van der Waals surface area contributed by atoms with E-state index in [1.165, 1.54) is 0 Å². The quantitative estimate of drug-likeness (QED) is 0.549. The van der Waals surface area contributed by atoms with Crippen molar-refractivity contribution in [2.45, 2.75) is 45.6 Å². The van der Waals surface area contributed by atoms with Gasteiger partial charge < -0.3 is 14.2 Å². The molecule has 0 aromatic heterocycles. The maximum absolute atomic E-state index is 11.4. The molecule has 0 amide bonds. The summed E-state index contributed by atoms with van der Waals surface area (Å²) in [6, 6.07) is 0. The smallest absolute Gasteiger partial charge is 0.308 e. The predicted molar refractivity (Wildman–Crippen MR) is 64.8 cm³/mol. The van der Waals surface area contributed by atoms with E-state index in [1.54, 1.807) is 0 Å². The Morgan fingerprint density at radius 1 is 1.29 bits per heavy atom. The van der Waals surface area contributed by atoms with Crippen LogP contribution in [0, 0.1) is 5.92 Å². The summed E-state index contributed by atoms with van der Waals surface area (Å²) < 4.78 is 16.0. The van der Waals surface area contributed by atoms with Crippen LogP contribution in [0.5, 0.6) is 0 Å². The molecule has 0 N–H and O–H groups in total. The van der Waals surface area contributed by atoms with Crippen LogP contribution in [0.15, 0.2) is 0 Å². The second-order valence-electron chi connectivity index (χ2n) is 5.47. The highest BCUT2D eigenvalue weighted by atomic mass is 16.6. The predicted octanol–water partition coefficient (Wildman–Crippen LogP) is 2.16. The number of rotatable bonds is 5. The van der Waals surface area contributed by atoms with E-state index in [0.29, 0.717) is 18.9 Å². The van der Waals surface area contributed by atoms with Crippen molar-refractivity contribution < 1.29 is 19.0 Å². The molecule has 1 aliphatic rings. The van der Waals surface area contributed by atoms with Gasteiger partial charge in [-0.3, -0.25) is 4.79 Å². The molecule has 0 unspecified atom stereocenters. The van der Waals surface area contributed by atoms with Gasteiger partial charge in [0.15, 0.2) is 0 Å². The van der Waals surface area contributed by atoms with Gasteiger partial charge in [0.05, 0.1) is 13.0 Å². The lowest BCUT2D eigenvalue weighted by Gasteiger charge is -2.22. The standard InChI is InChI=1S/C13H24O4/c1-13(2,3)17-12(14)6-9-16-10-11-4-7-15-8-5-11/h11H,4-10H2,1-3H3. The zero-order chi connectivity index (χ0) is 12.7. The van der Waals surface area contributed by atoms with Crippen LogP contribution in [-0.4, -0.2) is 38.0 Å². The summed E-state index contributed by atoms with van der Waals surface area (Å²) in [6.45, 7) is 8.45. The number of hydrogen-bond acceptors (Lipinski definition) is 4. The van der Waals surface area contributed by atoms with E-state index in [4.69, 9.17) is 14.2 Å². The molecular formula is C13H24O4. The van der Waals surface area contributed by atoms with Gasteiger partial charge in [-0.2, -0.15) is 0 Å². The van der Waals surface area contributed by atoms with Crippen molar-refractivity contribution >= 4 is 5.97 Å². The number of ether oxygens (including phenoxy) is 3. The van der Waals surface area contributed by atoms with Gasteiger partial charge in [0.2, 0.25) is 0 Å². The zero-order valence-corrected chi connectivity index (χ0v) is 11.2. The average molecular weight is 244 g/mol. The van der Waals surface area contributed by atoms with E-state index in [1.807, 2.05) is 20.8 Å². The van der Waals surface area contributed by atoms with Crippen molar-refractivity contribution in [3.63, 3.8) is 0 Å². The molecule has 4 nitrogen and oxygen atoms in total. The first-order valence-corrected chi connectivity index (χ1v) is 6.35. The van der Waals surface area contributed by atoms with E-state index in [2.05, 4.69) is 0 Å².